The van der Waals surface area contributed by atoms with Gasteiger partial charge in [-0.15, -0.1) is 0 Å². The molecule has 0 radical (unpaired) electrons. The van der Waals surface area contributed by atoms with Crippen molar-refractivity contribution in [2.24, 2.45) is 0 Å². The zero-order valence-electron chi connectivity index (χ0n) is 17.3. The third kappa shape index (κ3) is 3.88. The van der Waals surface area contributed by atoms with E-state index >= 15 is 0 Å². The maximum absolute atomic E-state index is 10.1. The molecule has 152 valence electrons. The molecule has 3 aromatic carbocycles. The van der Waals surface area contributed by atoms with E-state index in [1.54, 1.807) is 24.3 Å². The number of phenolic OH excluding ortho intramolecular Hbond substituents is 3. The molecule has 0 saturated heterocycles. The second-order valence-corrected chi connectivity index (χ2v) is 7.16. The predicted molar refractivity (Wildman–Crippen MR) is 115 cm³/mol. The first kappa shape index (κ1) is 20.6. The summed E-state index contributed by atoms with van der Waals surface area (Å²) < 4.78 is 6.07. The van der Waals surface area contributed by atoms with Gasteiger partial charge in [-0.1, -0.05) is 44.2 Å². The van der Waals surface area contributed by atoms with Crippen LogP contribution in [0.15, 0.2) is 54.6 Å². The van der Waals surface area contributed by atoms with Crippen LogP contribution in [0.3, 0.4) is 0 Å². The first-order valence-corrected chi connectivity index (χ1v) is 9.99. The Labute approximate surface area is 172 Å². The summed E-state index contributed by atoms with van der Waals surface area (Å²) in [6.07, 6.45) is 0. The smallest absolute Gasteiger partial charge is 0.129 e. The molecule has 0 aromatic heterocycles. The number of hydrogen-bond donors (Lipinski definition) is 3. The summed E-state index contributed by atoms with van der Waals surface area (Å²) in [5, 5.41) is 29.7. The van der Waals surface area contributed by atoms with E-state index in [1.807, 2.05) is 58.0 Å². The summed E-state index contributed by atoms with van der Waals surface area (Å²) in [6, 6.07) is 16.5. The number of aryl methyl sites for hydroxylation is 1. The molecule has 2 unspecified atom stereocenters. The van der Waals surface area contributed by atoms with E-state index in [1.165, 1.54) is 0 Å². The Kier molecular flexibility index (Phi) is 6.02. The minimum atomic E-state index is 0.0110. The van der Waals surface area contributed by atoms with E-state index in [0.717, 1.165) is 33.6 Å². The lowest BCUT2D eigenvalue weighted by Crippen LogP contribution is -2.25. The Bertz CT molecular complexity index is 992. The summed E-state index contributed by atoms with van der Waals surface area (Å²) in [4.78, 5) is 0. The number of aromatic hydroxyl groups is 3. The number of ether oxygens (including phenoxy) is 1. The normalized spacial score (nSPS) is 17.5. The van der Waals surface area contributed by atoms with E-state index in [-0.39, 0.29) is 29.1 Å². The van der Waals surface area contributed by atoms with Crippen molar-refractivity contribution in [3.05, 3.63) is 82.4 Å². The SMILES string of the molecule is CC.Cc1cc(C2c3ccc(O)c(C)c3OCC2c2ccc(O)cc2)ccc1O. The molecule has 0 saturated carbocycles. The monoisotopic (exact) mass is 392 g/mol. The Morgan fingerprint density at radius 1 is 0.793 bits per heavy atom. The van der Waals surface area contributed by atoms with Crippen LogP contribution in [0, 0.1) is 13.8 Å². The van der Waals surface area contributed by atoms with Crippen molar-refractivity contribution < 1.29 is 20.1 Å². The third-order valence-corrected chi connectivity index (χ3v) is 5.45. The lowest BCUT2D eigenvalue weighted by atomic mass is 9.75. The molecule has 1 heterocycles. The van der Waals surface area contributed by atoms with Crippen molar-refractivity contribution in [2.75, 3.05) is 6.61 Å². The molecule has 0 bridgehead atoms. The van der Waals surface area contributed by atoms with Crippen molar-refractivity contribution >= 4 is 0 Å². The second-order valence-electron chi connectivity index (χ2n) is 7.16. The fourth-order valence-electron chi connectivity index (χ4n) is 3.92. The largest absolute Gasteiger partial charge is 0.508 e. The molecule has 0 amide bonds. The topological polar surface area (TPSA) is 69.9 Å². The molecular formula is C25H28O4. The van der Waals surface area contributed by atoms with Crippen LogP contribution < -0.4 is 4.74 Å². The molecule has 29 heavy (non-hydrogen) atoms. The molecule has 0 aliphatic carbocycles. The lowest BCUT2D eigenvalue weighted by Gasteiger charge is -2.35. The van der Waals surface area contributed by atoms with Crippen LogP contribution in [0.4, 0.5) is 0 Å². The van der Waals surface area contributed by atoms with Crippen LogP contribution in [0.5, 0.6) is 23.0 Å². The molecule has 4 heteroatoms. The molecule has 3 aromatic rings. The van der Waals surface area contributed by atoms with Gasteiger partial charge in [0.05, 0.1) is 6.61 Å². The number of fused-ring (bicyclic) bond motifs is 1. The van der Waals surface area contributed by atoms with E-state index in [4.69, 9.17) is 4.74 Å². The summed E-state index contributed by atoms with van der Waals surface area (Å²) in [7, 11) is 0. The van der Waals surface area contributed by atoms with Crippen LogP contribution in [0.25, 0.3) is 0 Å². The van der Waals surface area contributed by atoms with Crippen molar-refractivity contribution in [3.8, 4) is 23.0 Å². The molecule has 0 fully saturated rings. The summed E-state index contributed by atoms with van der Waals surface area (Å²) in [6.45, 7) is 8.21. The highest BCUT2D eigenvalue weighted by Gasteiger charge is 2.35. The van der Waals surface area contributed by atoms with Gasteiger partial charge in [0.25, 0.3) is 0 Å². The van der Waals surface area contributed by atoms with Crippen LogP contribution in [-0.4, -0.2) is 21.9 Å². The van der Waals surface area contributed by atoms with E-state index in [2.05, 4.69) is 0 Å². The Morgan fingerprint density at radius 2 is 1.41 bits per heavy atom. The summed E-state index contributed by atoms with van der Waals surface area (Å²) >= 11 is 0. The lowest BCUT2D eigenvalue weighted by molar-refractivity contribution is 0.245. The van der Waals surface area contributed by atoms with Gasteiger partial charge in [-0.2, -0.15) is 0 Å². The van der Waals surface area contributed by atoms with E-state index in [0.29, 0.717) is 6.61 Å². The summed E-state index contributed by atoms with van der Waals surface area (Å²) in [5.41, 5.74) is 4.72. The Morgan fingerprint density at radius 3 is 2.07 bits per heavy atom. The van der Waals surface area contributed by atoms with Gasteiger partial charge < -0.3 is 20.1 Å². The van der Waals surface area contributed by atoms with Gasteiger partial charge in [0, 0.05) is 23.0 Å². The van der Waals surface area contributed by atoms with Crippen molar-refractivity contribution in [1.29, 1.82) is 0 Å². The highest BCUT2D eigenvalue weighted by atomic mass is 16.5. The molecule has 3 N–H and O–H groups in total. The quantitative estimate of drug-likeness (QED) is 0.519. The van der Waals surface area contributed by atoms with Crippen LogP contribution >= 0.6 is 0 Å². The average molecular weight is 392 g/mol. The minimum Gasteiger partial charge on any atom is -0.508 e. The maximum Gasteiger partial charge on any atom is 0.129 e. The van der Waals surface area contributed by atoms with Crippen LogP contribution in [0.2, 0.25) is 0 Å². The Balaban J connectivity index is 0.00000117. The second kappa shape index (κ2) is 8.48. The highest BCUT2D eigenvalue weighted by molar-refractivity contribution is 5.56. The standard InChI is InChI=1S/C23H22O4.C2H6/c1-13-11-16(5-9-20(13)25)22-18-8-10-21(26)14(2)23(18)27-12-19(22)15-3-6-17(24)7-4-15;1-2/h3-11,19,22,24-26H,12H2,1-2H3;1-2H3. The fourth-order valence-corrected chi connectivity index (χ4v) is 3.92. The van der Waals surface area contributed by atoms with Gasteiger partial charge in [-0.05, 0) is 54.8 Å². The molecule has 1 aliphatic rings. The molecule has 1 aliphatic heterocycles. The molecule has 2 atom stereocenters. The number of hydrogen-bond acceptors (Lipinski definition) is 4. The number of phenols is 3. The zero-order chi connectivity index (χ0) is 21.1. The molecular weight excluding hydrogens is 364 g/mol. The van der Waals surface area contributed by atoms with Crippen molar-refractivity contribution in [3.63, 3.8) is 0 Å². The van der Waals surface area contributed by atoms with Gasteiger partial charge in [-0.3, -0.25) is 0 Å². The van der Waals surface area contributed by atoms with Gasteiger partial charge >= 0.3 is 0 Å². The first-order valence-electron chi connectivity index (χ1n) is 9.99. The third-order valence-electron chi connectivity index (χ3n) is 5.45. The van der Waals surface area contributed by atoms with Crippen molar-refractivity contribution in [1.82, 2.24) is 0 Å². The highest BCUT2D eigenvalue weighted by Crippen LogP contribution is 2.49. The zero-order valence-corrected chi connectivity index (χ0v) is 17.3. The molecule has 4 nitrogen and oxygen atoms in total. The van der Waals surface area contributed by atoms with Crippen molar-refractivity contribution in [2.45, 2.75) is 39.5 Å². The molecule has 0 spiro atoms. The fraction of sp³-hybridized carbons (Fsp3) is 0.280. The van der Waals surface area contributed by atoms with Gasteiger partial charge in [0.1, 0.15) is 23.0 Å². The summed E-state index contributed by atoms with van der Waals surface area (Å²) in [5.74, 6) is 1.50. The van der Waals surface area contributed by atoms with Gasteiger partial charge in [0.15, 0.2) is 0 Å². The average Bonchev–Trinajstić information content (AvgIpc) is 2.74. The van der Waals surface area contributed by atoms with E-state index in [9.17, 15) is 15.3 Å². The Hall–Kier alpha value is -3.14. The number of rotatable bonds is 2. The molecule has 4 rings (SSSR count). The van der Waals surface area contributed by atoms with E-state index < -0.39 is 0 Å². The number of benzene rings is 3. The van der Waals surface area contributed by atoms with Gasteiger partial charge in [-0.25, -0.2) is 0 Å². The van der Waals surface area contributed by atoms with Crippen LogP contribution in [-0.2, 0) is 0 Å². The maximum atomic E-state index is 10.1. The predicted octanol–water partition coefficient (Wildman–Crippen LogP) is 5.75. The van der Waals surface area contributed by atoms with Crippen LogP contribution in [0.1, 0.15) is 53.5 Å². The first-order chi connectivity index (χ1) is 14.0. The van der Waals surface area contributed by atoms with Gasteiger partial charge in [0.2, 0.25) is 0 Å². The minimum absolute atomic E-state index is 0.0110.